The highest BCUT2D eigenvalue weighted by atomic mass is 16.5. The van der Waals surface area contributed by atoms with E-state index in [-0.39, 0.29) is 18.5 Å². The van der Waals surface area contributed by atoms with Gasteiger partial charge in [-0.3, -0.25) is 10.1 Å². The molecule has 112 valence electrons. The van der Waals surface area contributed by atoms with Crippen LogP contribution >= 0.6 is 0 Å². The van der Waals surface area contributed by atoms with E-state index in [1.54, 1.807) is 6.20 Å². The van der Waals surface area contributed by atoms with Crippen LogP contribution in [0.2, 0.25) is 0 Å². The van der Waals surface area contributed by atoms with Crippen molar-refractivity contribution in [3.63, 3.8) is 0 Å². The largest absolute Gasteiger partial charge is 0.483 e. The molecule has 0 fully saturated rings. The fourth-order valence-corrected chi connectivity index (χ4v) is 1.92. The lowest BCUT2D eigenvalue weighted by atomic mass is 10.0. The van der Waals surface area contributed by atoms with E-state index in [1.807, 2.05) is 31.2 Å². The number of carbonyl (C=O) groups is 1. The van der Waals surface area contributed by atoms with Gasteiger partial charge in [-0.15, -0.1) is 0 Å². The van der Waals surface area contributed by atoms with Crippen LogP contribution in [0.1, 0.15) is 38.0 Å². The van der Waals surface area contributed by atoms with Crippen molar-refractivity contribution in [2.24, 2.45) is 0 Å². The predicted molar refractivity (Wildman–Crippen MR) is 80.5 cm³/mol. The highest BCUT2D eigenvalue weighted by Crippen LogP contribution is 2.25. The summed E-state index contributed by atoms with van der Waals surface area (Å²) < 4.78 is 10.9. The van der Waals surface area contributed by atoms with Crippen LogP contribution in [0.15, 0.2) is 34.9 Å². The maximum absolute atomic E-state index is 11.8. The summed E-state index contributed by atoms with van der Waals surface area (Å²) in [5, 5.41) is 2.57. The highest BCUT2D eigenvalue weighted by Gasteiger charge is 2.11. The molecule has 5 nitrogen and oxygen atoms in total. The Morgan fingerprint density at radius 1 is 1.38 bits per heavy atom. The number of carbonyl (C=O) groups excluding carboxylic acids is 1. The van der Waals surface area contributed by atoms with Crippen LogP contribution in [0.25, 0.3) is 0 Å². The zero-order valence-electron chi connectivity index (χ0n) is 12.6. The standard InChI is InChI=1S/C16H20N2O3/c1-4-12-9-17-16(21-12)18-15(19)10-20-14-8-6-5-7-13(14)11(2)3/h5-9,11H,4,10H2,1-3H3,(H,17,18,19). The Morgan fingerprint density at radius 3 is 2.81 bits per heavy atom. The van der Waals surface area contributed by atoms with Gasteiger partial charge in [0.1, 0.15) is 11.5 Å². The number of hydrogen-bond donors (Lipinski definition) is 1. The van der Waals surface area contributed by atoms with E-state index >= 15 is 0 Å². The second-order valence-electron chi connectivity index (χ2n) is 5.01. The summed E-state index contributed by atoms with van der Waals surface area (Å²) in [6, 6.07) is 7.92. The second-order valence-corrected chi connectivity index (χ2v) is 5.01. The number of rotatable bonds is 6. The van der Waals surface area contributed by atoms with Gasteiger partial charge in [0.25, 0.3) is 5.91 Å². The van der Waals surface area contributed by atoms with Crippen molar-refractivity contribution in [3.05, 3.63) is 41.8 Å². The summed E-state index contributed by atoms with van der Waals surface area (Å²) in [5.41, 5.74) is 1.08. The van der Waals surface area contributed by atoms with E-state index in [2.05, 4.69) is 24.1 Å². The topological polar surface area (TPSA) is 64.4 Å². The first-order chi connectivity index (χ1) is 10.1. The van der Waals surface area contributed by atoms with Crippen LogP contribution in [0.5, 0.6) is 5.75 Å². The van der Waals surface area contributed by atoms with E-state index in [9.17, 15) is 4.79 Å². The molecule has 0 aliphatic carbocycles. The van der Waals surface area contributed by atoms with E-state index in [0.29, 0.717) is 5.92 Å². The molecule has 0 unspecified atom stereocenters. The minimum atomic E-state index is -0.293. The van der Waals surface area contributed by atoms with E-state index < -0.39 is 0 Å². The summed E-state index contributed by atoms with van der Waals surface area (Å²) in [6.45, 7) is 6.05. The summed E-state index contributed by atoms with van der Waals surface area (Å²) >= 11 is 0. The quantitative estimate of drug-likeness (QED) is 0.885. The number of para-hydroxylation sites is 1. The Hall–Kier alpha value is -2.30. The number of aromatic nitrogens is 1. The van der Waals surface area contributed by atoms with E-state index in [1.165, 1.54) is 0 Å². The summed E-state index contributed by atoms with van der Waals surface area (Å²) in [5.74, 6) is 1.50. The molecule has 1 aromatic heterocycles. The van der Waals surface area contributed by atoms with Crippen molar-refractivity contribution in [1.82, 2.24) is 4.98 Å². The molecule has 0 bridgehead atoms. The van der Waals surface area contributed by atoms with Crippen molar-refractivity contribution in [2.45, 2.75) is 33.1 Å². The first-order valence-electron chi connectivity index (χ1n) is 7.06. The van der Waals surface area contributed by atoms with Crippen molar-refractivity contribution < 1.29 is 13.9 Å². The number of hydrogen-bond acceptors (Lipinski definition) is 4. The third-order valence-electron chi connectivity index (χ3n) is 3.05. The molecule has 1 heterocycles. The van der Waals surface area contributed by atoms with Crippen LogP contribution in [0.3, 0.4) is 0 Å². The SMILES string of the molecule is CCc1cnc(NC(=O)COc2ccccc2C(C)C)o1. The number of oxazole rings is 1. The van der Waals surface area contributed by atoms with Gasteiger partial charge in [0.05, 0.1) is 6.20 Å². The molecule has 1 aromatic carbocycles. The molecule has 0 radical (unpaired) electrons. The monoisotopic (exact) mass is 288 g/mol. The minimum Gasteiger partial charge on any atom is -0.483 e. The zero-order valence-corrected chi connectivity index (χ0v) is 12.6. The molecule has 0 aliphatic heterocycles. The van der Waals surface area contributed by atoms with Crippen LogP contribution in [-0.4, -0.2) is 17.5 Å². The van der Waals surface area contributed by atoms with E-state index in [4.69, 9.17) is 9.15 Å². The molecule has 0 aliphatic rings. The average Bonchev–Trinajstić information content (AvgIpc) is 2.93. The van der Waals surface area contributed by atoms with Gasteiger partial charge in [-0.1, -0.05) is 39.0 Å². The highest BCUT2D eigenvalue weighted by molar-refractivity contribution is 5.89. The number of nitrogens with zero attached hydrogens (tertiary/aromatic N) is 1. The van der Waals surface area contributed by atoms with Gasteiger partial charge in [-0.25, -0.2) is 4.98 Å². The van der Waals surface area contributed by atoms with Gasteiger partial charge < -0.3 is 9.15 Å². The lowest BCUT2D eigenvalue weighted by Gasteiger charge is -2.13. The smallest absolute Gasteiger partial charge is 0.301 e. The molecular weight excluding hydrogens is 268 g/mol. The molecule has 0 atom stereocenters. The molecular formula is C16H20N2O3. The fourth-order valence-electron chi connectivity index (χ4n) is 1.92. The van der Waals surface area contributed by atoms with Crippen molar-refractivity contribution in [1.29, 1.82) is 0 Å². The van der Waals surface area contributed by atoms with E-state index in [0.717, 1.165) is 23.5 Å². The molecule has 21 heavy (non-hydrogen) atoms. The molecule has 1 amide bonds. The Labute approximate surface area is 124 Å². The van der Waals surface area contributed by atoms with Gasteiger partial charge in [0, 0.05) is 6.42 Å². The van der Waals surface area contributed by atoms with Gasteiger partial charge in [0.15, 0.2) is 6.61 Å². The Kier molecular flexibility index (Phi) is 4.98. The molecule has 2 rings (SSSR count). The first kappa shape index (κ1) is 15.1. The van der Waals surface area contributed by atoms with Crippen molar-refractivity contribution in [3.8, 4) is 5.75 Å². The Bertz CT molecular complexity index is 605. The molecule has 0 saturated heterocycles. The zero-order chi connectivity index (χ0) is 15.2. The summed E-state index contributed by atoms with van der Waals surface area (Å²) in [7, 11) is 0. The number of benzene rings is 1. The lowest BCUT2D eigenvalue weighted by molar-refractivity contribution is -0.118. The third-order valence-corrected chi connectivity index (χ3v) is 3.05. The van der Waals surface area contributed by atoms with Crippen LogP contribution in [0, 0.1) is 0 Å². The number of anilines is 1. The molecule has 2 aromatic rings. The average molecular weight is 288 g/mol. The first-order valence-corrected chi connectivity index (χ1v) is 7.06. The Balaban J connectivity index is 1.92. The van der Waals surface area contributed by atoms with Gasteiger partial charge in [-0.05, 0) is 17.5 Å². The Morgan fingerprint density at radius 2 is 2.14 bits per heavy atom. The van der Waals surface area contributed by atoms with Crippen LogP contribution in [0.4, 0.5) is 6.01 Å². The maximum atomic E-state index is 11.8. The van der Waals surface area contributed by atoms with Gasteiger partial charge in [0.2, 0.25) is 0 Å². The van der Waals surface area contributed by atoms with Crippen molar-refractivity contribution >= 4 is 11.9 Å². The second kappa shape index (κ2) is 6.92. The molecule has 0 spiro atoms. The van der Waals surface area contributed by atoms with Crippen molar-refractivity contribution in [2.75, 3.05) is 11.9 Å². The number of ether oxygens (including phenoxy) is 1. The number of nitrogens with one attached hydrogen (secondary N) is 1. The predicted octanol–water partition coefficient (Wildman–Crippen LogP) is 3.38. The van der Waals surface area contributed by atoms with Gasteiger partial charge >= 0.3 is 6.01 Å². The number of amides is 1. The third kappa shape index (κ3) is 4.08. The molecule has 1 N–H and O–H groups in total. The van der Waals surface area contributed by atoms with Crippen LogP contribution in [-0.2, 0) is 11.2 Å². The van der Waals surface area contributed by atoms with Crippen LogP contribution < -0.4 is 10.1 Å². The lowest BCUT2D eigenvalue weighted by Crippen LogP contribution is -2.20. The molecule has 5 heteroatoms. The molecule has 0 saturated carbocycles. The maximum Gasteiger partial charge on any atom is 0.301 e. The summed E-state index contributed by atoms with van der Waals surface area (Å²) in [6.07, 6.45) is 2.34. The minimum absolute atomic E-state index is 0.0758. The van der Waals surface area contributed by atoms with Gasteiger partial charge in [-0.2, -0.15) is 0 Å². The summed E-state index contributed by atoms with van der Waals surface area (Å²) in [4.78, 5) is 15.8. The fraction of sp³-hybridized carbons (Fsp3) is 0.375. The normalized spacial score (nSPS) is 10.7. The number of aryl methyl sites for hydroxylation is 1.